The van der Waals surface area contributed by atoms with E-state index in [1.54, 1.807) is 18.3 Å². The molecule has 0 saturated heterocycles. The molecular weight excluding hydrogens is 370 g/mol. The number of nitrogens with one attached hydrogen (secondary N) is 3. The van der Waals surface area contributed by atoms with E-state index in [9.17, 15) is 9.59 Å². The van der Waals surface area contributed by atoms with E-state index >= 15 is 0 Å². The molecule has 0 radical (unpaired) electrons. The minimum absolute atomic E-state index is 0.0947. The molecule has 150 valence electrons. The van der Waals surface area contributed by atoms with E-state index in [0.29, 0.717) is 0 Å². The Hall–Kier alpha value is -2.18. The zero-order chi connectivity index (χ0) is 19.9. The SMILES string of the molecule is Cc1ccc([C@@H](N[C@@H](C)C(=O)NC(=O)NC2CCCCC2)c2cccs2)cc1. The minimum atomic E-state index is -0.509. The molecule has 28 heavy (non-hydrogen) atoms. The van der Waals surface area contributed by atoms with Crippen LogP contribution >= 0.6 is 11.3 Å². The van der Waals surface area contributed by atoms with Gasteiger partial charge in [-0.1, -0.05) is 55.2 Å². The first-order valence-corrected chi connectivity index (χ1v) is 10.9. The first kappa shape index (κ1) is 20.6. The van der Waals surface area contributed by atoms with Gasteiger partial charge in [-0.3, -0.25) is 15.4 Å². The number of hydrogen-bond acceptors (Lipinski definition) is 4. The number of aryl methyl sites for hydroxylation is 1. The second kappa shape index (κ2) is 9.85. The first-order valence-electron chi connectivity index (χ1n) is 10.0. The lowest BCUT2D eigenvalue weighted by atomic mass is 9.96. The summed E-state index contributed by atoms with van der Waals surface area (Å²) in [5, 5.41) is 10.8. The standard InChI is InChI=1S/C22H29N3O2S/c1-15-10-12-17(13-11-15)20(19-9-6-14-28-19)23-16(2)21(26)25-22(27)24-18-7-4-3-5-8-18/h6,9-14,16,18,20,23H,3-5,7-8H2,1-2H3,(H2,24,25,26,27)/t16-,20+/m0/s1. The lowest BCUT2D eigenvalue weighted by Crippen LogP contribution is -2.51. The zero-order valence-electron chi connectivity index (χ0n) is 16.5. The number of carbonyl (C=O) groups is 2. The molecule has 3 amide bonds. The van der Waals surface area contributed by atoms with Gasteiger partial charge in [0.05, 0.1) is 12.1 Å². The predicted octanol–water partition coefficient (Wildman–Crippen LogP) is 4.28. The maximum absolute atomic E-state index is 12.6. The van der Waals surface area contributed by atoms with Crippen LogP contribution in [0.5, 0.6) is 0 Å². The molecule has 0 unspecified atom stereocenters. The number of amides is 3. The van der Waals surface area contributed by atoms with Crippen molar-refractivity contribution in [3.05, 3.63) is 57.8 Å². The highest BCUT2D eigenvalue weighted by molar-refractivity contribution is 7.10. The normalized spacial score (nSPS) is 16.9. The fourth-order valence-corrected chi connectivity index (χ4v) is 4.38. The van der Waals surface area contributed by atoms with Crippen molar-refractivity contribution in [3.8, 4) is 0 Å². The van der Waals surface area contributed by atoms with Crippen molar-refractivity contribution in [1.29, 1.82) is 0 Å². The van der Waals surface area contributed by atoms with Gasteiger partial charge >= 0.3 is 6.03 Å². The third-order valence-electron chi connectivity index (χ3n) is 5.23. The van der Waals surface area contributed by atoms with Crippen LogP contribution in [-0.2, 0) is 4.79 Å². The van der Waals surface area contributed by atoms with Crippen LogP contribution in [0.4, 0.5) is 4.79 Å². The van der Waals surface area contributed by atoms with E-state index < -0.39 is 12.1 Å². The van der Waals surface area contributed by atoms with Gasteiger partial charge in [-0.05, 0) is 43.7 Å². The topological polar surface area (TPSA) is 70.2 Å². The van der Waals surface area contributed by atoms with Gasteiger partial charge in [0.1, 0.15) is 0 Å². The first-order chi connectivity index (χ1) is 13.5. The summed E-state index contributed by atoms with van der Waals surface area (Å²) in [5.41, 5.74) is 2.29. The molecular formula is C22H29N3O2S. The maximum Gasteiger partial charge on any atom is 0.321 e. The molecule has 1 aromatic heterocycles. The monoisotopic (exact) mass is 399 g/mol. The fourth-order valence-electron chi connectivity index (χ4n) is 3.57. The highest BCUT2D eigenvalue weighted by atomic mass is 32.1. The second-order valence-corrected chi connectivity index (χ2v) is 8.52. The Morgan fingerprint density at radius 1 is 1.07 bits per heavy atom. The number of urea groups is 1. The molecule has 2 aromatic rings. The Bertz CT molecular complexity index is 768. The Morgan fingerprint density at radius 3 is 2.43 bits per heavy atom. The summed E-state index contributed by atoms with van der Waals surface area (Å²) < 4.78 is 0. The summed E-state index contributed by atoms with van der Waals surface area (Å²) in [6.45, 7) is 3.84. The number of hydrogen-bond donors (Lipinski definition) is 3. The highest BCUT2D eigenvalue weighted by Gasteiger charge is 2.23. The van der Waals surface area contributed by atoms with Crippen molar-refractivity contribution >= 4 is 23.3 Å². The maximum atomic E-state index is 12.6. The summed E-state index contributed by atoms with van der Waals surface area (Å²) in [5.74, 6) is -0.318. The molecule has 3 rings (SSSR count). The number of carbonyl (C=O) groups excluding carboxylic acids is 2. The summed E-state index contributed by atoms with van der Waals surface area (Å²) in [4.78, 5) is 25.9. The molecule has 1 aliphatic carbocycles. The van der Waals surface area contributed by atoms with Crippen LogP contribution in [0, 0.1) is 6.92 Å². The van der Waals surface area contributed by atoms with E-state index in [4.69, 9.17) is 0 Å². The molecule has 1 heterocycles. The Morgan fingerprint density at radius 2 is 1.79 bits per heavy atom. The van der Waals surface area contributed by atoms with Gasteiger partial charge in [0.25, 0.3) is 0 Å². The van der Waals surface area contributed by atoms with E-state index in [-0.39, 0.29) is 18.0 Å². The zero-order valence-corrected chi connectivity index (χ0v) is 17.4. The Balaban J connectivity index is 1.61. The van der Waals surface area contributed by atoms with Crippen LogP contribution in [-0.4, -0.2) is 24.0 Å². The van der Waals surface area contributed by atoms with Crippen molar-refractivity contribution in [2.75, 3.05) is 0 Å². The molecule has 5 nitrogen and oxygen atoms in total. The van der Waals surface area contributed by atoms with E-state index in [0.717, 1.165) is 36.1 Å². The average molecular weight is 400 g/mol. The third-order valence-corrected chi connectivity index (χ3v) is 6.16. The fraction of sp³-hybridized carbons (Fsp3) is 0.455. The molecule has 0 aliphatic heterocycles. The van der Waals surface area contributed by atoms with Crippen molar-refractivity contribution in [2.24, 2.45) is 0 Å². The largest absolute Gasteiger partial charge is 0.335 e. The molecule has 3 N–H and O–H groups in total. The van der Waals surface area contributed by atoms with Gasteiger partial charge in [-0.2, -0.15) is 0 Å². The summed E-state index contributed by atoms with van der Waals surface area (Å²) in [7, 11) is 0. The number of thiophene rings is 1. The molecule has 1 saturated carbocycles. The van der Waals surface area contributed by atoms with Gasteiger partial charge in [0.2, 0.25) is 5.91 Å². The molecule has 1 aliphatic rings. The summed E-state index contributed by atoms with van der Waals surface area (Å²) in [6, 6.07) is 11.5. The number of benzene rings is 1. The smallest absolute Gasteiger partial charge is 0.321 e. The van der Waals surface area contributed by atoms with Gasteiger partial charge in [0, 0.05) is 10.9 Å². The lowest BCUT2D eigenvalue weighted by molar-refractivity contribution is -0.121. The van der Waals surface area contributed by atoms with Gasteiger partial charge in [-0.15, -0.1) is 11.3 Å². The van der Waals surface area contributed by atoms with Gasteiger partial charge in [-0.25, -0.2) is 4.79 Å². The molecule has 2 atom stereocenters. The van der Waals surface area contributed by atoms with Crippen LogP contribution in [0.25, 0.3) is 0 Å². The number of rotatable bonds is 6. The van der Waals surface area contributed by atoms with Crippen LogP contribution in [0.15, 0.2) is 41.8 Å². The second-order valence-electron chi connectivity index (χ2n) is 7.55. The molecule has 1 aromatic carbocycles. The van der Waals surface area contributed by atoms with Crippen molar-refractivity contribution in [2.45, 2.75) is 64.1 Å². The van der Waals surface area contributed by atoms with Crippen LogP contribution in [0.1, 0.15) is 61.1 Å². The molecule has 0 bridgehead atoms. The predicted molar refractivity (Wildman–Crippen MR) is 113 cm³/mol. The molecule has 0 spiro atoms. The van der Waals surface area contributed by atoms with Crippen molar-refractivity contribution in [1.82, 2.24) is 16.0 Å². The van der Waals surface area contributed by atoms with E-state index in [2.05, 4.69) is 53.2 Å². The van der Waals surface area contributed by atoms with Crippen LogP contribution in [0.2, 0.25) is 0 Å². The van der Waals surface area contributed by atoms with Crippen LogP contribution in [0.3, 0.4) is 0 Å². The molecule has 1 fully saturated rings. The van der Waals surface area contributed by atoms with E-state index in [1.807, 2.05) is 11.4 Å². The Kier molecular flexibility index (Phi) is 7.23. The minimum Gasteiger partial charge on any atom is -0.335 e. The van der Waals surface area contributed by atoms with Gasteiger partial charge in [0.15, 0.2) is 0 Å². The highest BCUT2D eigenvalue weighted by Crippen LogP contribution is 2.27. The van der Waals surface area contributed by atoms with Gasteiger partial charge < -0.3 is 5.32 Å². The summed E-state index contributed by atoms with van der Waals surface area (Å²) in [6.07, 6.45) is 5.47. The van der Waals surface area contributed by atoms with Crippen molar-refractivity contribution in [3.63, 3.8) is 0 Å². The van der Waals surface area contributed by atoms with Crippen molar-refractivity contribution < 1.29 is 9.59 Å². The van der Waals surface area contributed by atoms with Crippen LogP contribution < -0.4 is 16.0 Å². The molecule has 6 heteroatoms. The quantitative estimate of drug-likeness (QED) is 0.679. The third kappa shape index (κ3) is 5.66. The lowest BCUT2D eigenvalue weighted by Gasteiger charge is -2.24. The Labute approximate surface area is 170 Å². The van der Waals surface area contributed by atoms with E-state index in [1.165, 1.54) is 12.0 Å². The number of imide groups is 1. The summed E-state index contributed by atoms with van der Waals surface area (Å²) >= 11 is 1.65. The average Bonchev–Trinajstić information content (AvgIpc) is 3.22.